The van der Waals surface area contributed by atoms with Gasteiger partial charge in [0.15, 0.2) is 17.2 Å². The molecule has 0 atom stereocenters. The van der Waals surface area contributed by atoms with Crippen molar-refractivity contribution >= 4 is 105 Å². The van der Waals surface area contributed by atoms with Gasteiger partial charge in [0, 0.05) is 60.3 Å². The van der Waals surface area contributed by atoms with Crippen molar-refractivity contribution in [3.8, 4) is 22.8 Å². The predicted octanol–water partition coefficient (Wildman–Crippen LogP) is 14.3. The van der Waals surface area contributed by atoms with Crippen LogP contribution in [0, 0.1) is 0 Å². The maximum absolute atomic E-state index is 6.68. The summed E-state index contributed by atoms with van der Waals surface area (Å²) in [5.74, 6) is 1.41. The fourth-order valence-electron chi connectivity index (χ4n) is 8.58. The Kier molecular flexibility index (Phi) is 6.56. The second kappa shape index (κ2) is 12.1. The summed E-state index contributed by atoms with van der Waals surface area (Å²) in [6, 6.07) is 56.9. The van der Waals surface area contributed by atoms with E-state index in [0.717, 1.165) is 105 Å². The van der Waals surface area contributed by atoms with Crippen LogP contribution in [0.5, 0.6) is 0 Å². The van der Waals surface area contributed by atoms with Crippen molar-refractivity contribution in [2.75, 3.05) is 4.90 Å². The first-order valence-corrected chi connectivity index (χ1v) is 19.4. The lowest BCUT2D eigenvalue weighted by Gasteiger charge is -2.24. The van der Waals surface area contributed by atoms with Crippen molar-refractivity contribution in [1.29, 1.82) is 0 Å². The third-order valence-corrected chi connectivity index (χ3v) is 11.3. The SMILES string of the molecule is c1ccc2c(c1)oc1cc(N(c3nc(-c4ccc5oc6ccccc6c5c4)nc(-c4ccc5oc6ccccc6c5c4)n3)c3cccc4c3oc3ccccc34)ccc12. The van der Waals surface area contributed by atoms with Crippen LogP contribution in [-0.4, -0.2) is 15.0 Å². The molecule has 0 spiro atoms. The lowest BCUT2D eigenvalue weighted by atomic mass is 10.1. The van der Waals surface area contributed by atoms with E-state index in [-0.39, 0.29) is 0 Å². The summed E-state index contributed by atoms with van der Waals surface area (Å²) >= 11 is 0. The fourth-order valence-corrected chi connectivity index (χ4v) is 8.58. The van der Waals surface area contributed by atoms with E-state index in [4.69, 9.17) is 32.6 Å². The first-order valence-electron chi connectivity index (χ1n) is 19.4. The standard InChI is InChI=1S/C51H28N4O4/c1-5-16-41-32(10-1)36-23-22-31(28-47(36)58-41)55(40-15-9-14-37-33-11-2-8-19-44(33)59-48(37)40)51-53-49(29-20-24-45-38(26-29)34-12-3-6-17-42(34)56-45)52-50(54-51)30-21-25-46-39(27-30)35-13-4-7-18-43(35)57-46/h1-28H. The van der Waals surface area contributed by atoms with E-state index in [1.54, 1.807) is 0 Å². The van der Waals surface area contributed by atoms with Crippen molar-refractivity contribution < 1.29 is 17.7 Å². The molecule has 8 aromatic carbocycles. The van der Waals surface area contributed by atoms with Crippen LogP contribution in [0.25, 0.3) is 111 Å². The molecule has 13 aromatic rings. The van der Waals surface area contributed by atoms with Gasteiger partial charge in [0.25, 0.3) is 0 Å². The predicted molar refractivity (Wildman–Crippen MR) is 234 cm³/mol. The number of anilines is 3. The molecule has 8 nitrogen and oxygen atoms in total. The first kappa shape index (κ1) is 31.9. The molecule has 276 valence electrons. The van der Waals surface area contributed by atoms with Crippen LogP contribution in [0.15, 0.2) is 188 Å². The van der Waals surface area contributed by atoms with Gasteiger partial charge in [-0.1, -0.05) is 84.9 Å². The van der Waals surface area contributed by atoms with Crippen LogP contribution in [-0.2, 0) is 0 Å². The third kappa shape index (κ3) is 4.87. The summed E-state index contributed by atoms with van der Waals surface area (Å²) in [5, 5.41) is 8.08. The molecule has 0 unspecified atom stereocenters. The molecule has 0 saturated carbocycles. The second-order valence-electron chi connectivity index (χ2n) is 14.8. The van der Waals surface area contributed by atoms with E-state index < -0.39 is 0 Å². The number of aromatic nitrogens is 3. The largest absolute Gasteiger partial charge is 0.456 e. The van der Waals surface area contributed by atoms with Gasteiger partial charge < -0.3 is 17.7 Å². The average molecular weight is 761 g/mol. The summed E-state index contributed by atoms with van der Waals surface area (Å²) in [6.07, 6.45) is 0. The van der Waals surface area contributed by atoms with Crippen LogP contribution in [0.1, 0.15) is 0 Å². The van der Waals surface area contributed by atoms with Gasteiger partial charge in [-0.05, 0) is 78.9 Å². The van der Waals surface area contributed by atoms with Gasteiger partial charge in [0.1, 0.15) is 39.1 Å². The van der Waals surface area contributed by atoms with Crippen molar-refractivity contribution in [2.45, 2.75) is 0 Å². The van der Waals surface area contributed by atoms with Crippen LogP contribution in [0.4, 0.5) is 17.3 Å². The van der Waals surface area contributed by atoms with Gasteiger partial charge in [-0.15, -0.1) is 0 Å². The second-order valence-corrected chi connectivity index (χ2v) is 14.8. The van der Waals surface area contributed by atoms with Gasteiger partial charge in [-0.25, -0.2) is 4.98 Å². The minimum absolute atomic E-state index is 0.405. The number of fused-ring (bicyclic) bond motifs is 12. The average Bonchev–Trinajstić information content (AvgIpc) is 4.06. The number of benzene rings is 8. The van der Waals surface area contributed by atoms with Gasteiger partial charge in [0.05, 0.1) is 11.4 Å². The van der Waals surface area contributed by atoms with Gasteiger partial charge in [-0.3, -0.25) is 4.90 Å². The maximum Gasteiger partial charge on any atom is 0.238 e. The summed E-state index contributed by atoms with van der Waals surface area (Å²) < 4.78 is 25.6. The van der Waals surface area contributed by atoms with Crippen molar-refractivity contribution in [1.82, 2.24) is 15.0 Å². The van der Waals surface area contributed by atoms with Crippen LogP contribution >= 0.6 is 0 Å². The maximum atomic E-state index is 6.68. The topological polar surface area (TPSA) is 94.5 Å². The summed E-state index contributed by atoms with van der Waals surface area (Å²) in [4.78, 5) is 17.9. The smallest absolute Gasteiger partial charge is 0.238 e. The molecule has 0 radical (unpaired) electrons. The van der Waals surface area contributed by atoms with Crippen molar-refractivity contribution in [2.24, 2.45) is 0 Å². The molecule has 0 fully saturated rings. The summed E-state index contributed by atoms with van der Waals surface area (Å²) in [6.45, 7) is 0. The Hall–Kier alpha value is -8.23. The third-order valence-electron chi connectivity index (χ3n) is 11.3. The van der Waals surface area contributed by atoms with Crippen LogP contribution < -0.4 is 4.90 Å². The fraction of sp³-hybridized carbons (Fsp3) is 0. The Bertz CT molecular complexity index is 3700. The first-order chi connectivity index (χ1) is 29.2. The molecule has 0 N–H and O–H groups in total. The van der Waals surface area contributed by atoms with Crippen molar-refractivity contribution in [3.05, 3.63) is 170 Å². The quantitative estimate of drug-likeness (QED) is 0.171. The molecule has 0 aliphatic rings. The highest BCUT2D eigenvalue weighted by molar-refractivity contribution is 6.12. The monoisotopic (exact) mass is 760 g/mol. The van der Waals surface area contributed by atoms with E-state index >= 15 is 0 Å². The molecule has 8 heteroatoms. The molecule has 0 bridgehead atoms. The molecule has 59 heavy (non-hydrogen) atoms. The molecule has 0 amide bonds. The molecule has 0 saturated heterocycles. The number of hydrogen-bond acceptors (Lipinski definition) is 8. The zero-order valence-corrected chi connectivity index (χ0v) is 31.1. The lowest BCUT2D eigenvalue weighted by Crippen LogP contribution is -2.15. The number of para-hydroxylation sites is 5. The van der Waals surface area contributed by atoms with Gasteiger partial charge in [-0.2, -0.15) is 9.97 Å². The Morgan fingerprint density at radius 1 is 0.322 bits per heavy atom. The van der Waals surface area contributed by atoms with E-state index in [2.05, 4.69) is 54.6 Å². The highest BCUT2D eigenvalue weighted by Gasteiger charge is 2.25. The molecule has 13 rings (SSSR count). The number of nitrogens with zero attached hydrogens (tertiary/aromatic N) is 4. The Morgan fingerprint density at radius 3 is 1.37 bits per heavy atom. The molecular weight excluding hydrogens is 733 g/mol. The Balaban J connectivity index is 1.10. The lowest BCUT2D eigenvalue weighted by molar-refractivity contribution is 0.667. The highest BCUT2D eigenvalue weighted by atomic mass is 16.3. The molecular formula is C51H28N4O4. The van der Waals surface area contributed by atoms with E-state index in [0.29, 0.717) is 23.2 Å². The van der Waals surface area contributed by atoms with Gasteiger partial charge >= 0.3 is 0 Å². The van der Waals surface area contributed by atoms with Gasteiger partial charge in [0.2, 0.25) is 5.95 Å². The van der Waals surface area contributed by atoms with E-state index in [1.165, 1.54) is 0 Å². The minimum Gasteiger partial charge on any atom is -0.456 e. The van der Waals surface area contributed by atoms with Crippen LogP contribution in [0.2, 0.25) is 0 Å². The molecule has 0 aliphatic carbocycles. The number of furan rings is 4. The zero-order chi connectivity index (χ0) is 38.6. The minimum atomic E-state index is 0.405. The molecule has 5 heterocycles. The number of rotatable bonds is 5. The Morgan fingerprint density at radius 2 is 0.780 bits per heavy atom. The van der Waals surface area contributed by atoms with Crippen LogP contribution in [0.3, 0.4) is 0 Å². The summed E-state index contributed by atoms with van der Waals surface area (Å²) in [7, 11) is 0. The molecule has 5 aromatic heterocycles. The van der Waals surface area contributed by atoms with E-state index in [9.17, 15) is 0 Å². The zero-order valence-electron chi connectivity index (χ0n) is 31.1. The summed E-state index contributed by atoms with van der Waals surface area (Å²) in [5.41, 5.74) is 9.49. The number of hydrogen-bond donors (Lipinski definition) is 0. The molecule has 0 aliphatic heterocycles. The Labute approximate surface area is 334 Å². The van der Waals surface area contributed by atoms with E-state index in [1.807, 2.05) is 120 Å². The normalized spacial score (nSPS) is 12.1. The van der Waals surface area contributed by atoms with Crippen molar-refractivity contribution in [3.63, 3.8) is 0 Å². The highest BCUT2D eigenvalue weighted by Crippen LogP contribution is 2.44.